The summed E-state index contributed by atoms with van der Waals surface area (Å²) in [6, 6.07) is 0. The summed E-state index contributed by atoms with van der Waals surface area (Å²) in [4.78, 5) is 6.86. The maximum absolute atomic E-state index is 5.52. The lowest BCUT2D eigenvalue weighted by Gasteiger charge is -2.33. The Hall–Kier alpha value is -0.830. The fourth-order valence-electron chi connectivity index (χ4n) is 3.53. The van der Waals surface area contributed by atoms with Crippen LogP contribution in [-0.4, -0.2) is 60.5 Å². The molecule has 1 aromatic rings. The Kier molecular flexibility index (Phi) is 6.70. The summed E-state index contributed by atoms with van der Waals surface area (Å²) < 4.78 is 7.49. The van der Waals surface area contributed by atoms with Gasteiger partial charge in [0.1, 0.15) is 0 Å². The van der Waals surface area contributed by atoms with Crippen molar-refractivity contribution in [2.24, 2.45) is 10.4 Å². The van der Waals surface area contributed by atoms with E-state index in [1.165, 1.54) is 24.8 Å². The van der Waals surface area contributed by atoms with E-state index in [0.717, 1.165) is 45.4 Å². The van der Waals surface area contributed by atoms with Crippen molar-refractivity contribution in [1.29, 1.82) is 0 Å². The second-order valence-corrected chi connectivity index (χ2v) is 6.54. The predicted molar refractivity (Wildman–Crippen MR) is 102 cm³/mol. The maximum Gasteiger partial charge on any atom is 0.193 e. The van der Waals surface area contributed by atoms with Gasteiger partial charge in [-0.3, -0.25) is 9.67 Å². The van der Waals surface area contributed by atoms with Gasteiger partial charge in [0.2, 0.25) is 0 Å². The highest BCUT2D eigenvalue weighted by molar-refractivity contribution is 14.0. The van der Waals surface area contributed by atoms with Gasteiger partial charge in [0, 0.05) is 46.1 Å². The molecule has 1 aromatic heterocycles. The molecule has 2 aliphatic heterocycles. The number of likely N-dealkylation sites (tertiary alicyclic amines) is 1. The third kappa shape index (κ3) is 4.59. The van der Waals surface area contributed by atoms with Crippen LogP contribution in [0, 0.1) is 12.3 Å². The number of aliphatic imine (C=N–C) groups is 1. The molecule has 6 nitrogen and oxygen atoms in total. The zero-order valence-corrected chi connectivity index (χ0v) is 16.5. The highest BCUT2D eigenvalue weighted by Gasteiger charge is 2.40. The SMILES string of the molecule is CN=C(NCCn1cc(C)cn1)N1CCC2(CCOCC2)C1.I. The number of ether oxygens (including phenoxy) is 1. The normalized spacial score (nSPS) is 20.6. The Balaban J connectivity index is 0.00000192. The number of rotatable bonds is 3. The fourth-order valence-corrected chi connectivity index (χ4v) is 3.53. The molecule has 1 spiro atoms. The average Bonchev–Trinajstić information content (AvgIpc) is 3.12. The van der Waals surface area contributed by atoms with Crippen LogP contribution >= 0.6 is 24.0 Å². The molecule has 0 radical (unpaired) electrons. The zero-order valence-electron chi connectivity index (χ0n) is 14.1. The first-order valence-electron chi connectivity index (χ1n) is 8.23. The Bertz CT molecular complexity index is 524. The van der Waals surface area contributed by atoms with E-state index < -0.39 is 0 Å². The number of hydrogen-bond acceptors (Lipinski definition) is 3. The van der Waals surface area contributed by atoms with Crippen molar-refractivity contribution in [1.82, 2.24) is 20.0 Å². The first-order chi connectivity index (χ1) is 10.7. The van der Waals surface area contributed by atoms with Crippen LogP contribution in [0.1, 0.15) is 24.8 Å². The minimum absolute atomic E-state index is 0. The van der Waals surface area contributed by atoms with Crippen molar-refractivity contribution >= 4 is 29.9 Å². The maximum atomic E-state index is 5.52. The van der Waals surface area contributed by atoms with E-state index in [4.69, 9.17) is 4.74 Å². The molecule has 1 N–H and O–H groups in total. The van der Waals surface area contributed by atoms with Crippen molar-refractivity contribution in [3.05, 3.63) is 18.0 Å². The zero-order chi connectivity index (χ0) is 15.4. The number of guanidine groups is 1. The summed E-state index contributed by atoms with van der Waals surface area (Å²) in [6.07, 6.45) is 7.59. The molecule has 2 aliphatic rings. The molecule has 0 aliphatic carbocycles. The van der Waals surface area contributed by atoms with Gasteiger partial charge in [-0.2, -0.15) is 5.10 Å². The van der Waals surface area contributed by atoms with Crippen molar-refractivity contribution in [3.8, 4) is 0 Å². The molecule has 3 rings (SSSR count). The molecule has 2 fully saturated rings. The van der Waals surface area contributed by atoms with Crippen LogP contribution in [0.2, 0.25) is 0 Å². The summed E-state index contributed by atoms with van der Waals surface area (Å²) in [5, 5.41) is 7.79. The fraction of sp³-hybridized carbons (Fsp3) is 0.750. The Labute approximate surface area is 155 Å². The van der Waals surface area contributed by atoms with Crippen LogP contribution < -0.4 is 5.32 Å². The smallest absolute Gasteiger partial charge is 0.193 e. The topological polar surface area (TPSA) is 54.7 Å². The average molecular weight is 433 g/mol. The van der Waals surface area contributed by atoms with E-state index in [1.807, 2.05) is 17.9 Å². The Morgan fingerprint density at radius 2 is 2.17 bits per heavy atom. The predicted octanol–water partition coefficient (Wildman–Crippen LogP) is 1.89. The second-order valence-electron chi connectivity index (χ2n) is 6.54. The van der Waals surface area contributed by atoms with Gasteiger partial charge in [-0.05, 0) is 37.2 Å². The van der Waals surface area contributed by atoms with Gasteiger partial charge < -0.3 is 15.0 Å². The molecule has 3 heterocycles. The lowest BCUT2D eigenvalue weighted by molar-refractivity contribution is 0.0218. The summed E-state index contributed by atoms with van der Waals surface area (Å²) in [5.74, 6) is 1.02. The Morgan fingerprint density at radius 3 is 2.83 bits per heavy atom. The third-order valence-electron chi connectivity index (χ3n) is 4.89. The van der Waals surface area contributed by atoms with E-state index >= 15 is 0 Å². The third-order valence-corrected chi connectivity index (χ3v) is 4.89. The molecule has 7 heteroatoms. The van der Waals surface area contributed by atoms with Gasteiger partial charge in [-0.25, -0.2) is 0 Å². The van der Waals surface area contributed by atoms with Gasteiger partial charge in [-0.1, -0.05) is 0 Å². The van der Waals surface area contributed by atoms with Crippen molar-refractivity contribution in [2.45, 2.75) is 32.7 Å². The number of nitrogens with one attached hydrogen (secondary N) is 1. The minimum atomic E-state index is 0. The molecular formula is C16H28IN5O. The number of aryl methyl sites for hydroxylation is 1. The molecule has 0 saturated carbocycles. The van der Waals surface area contributed by atoms with Gasteiger partial charge in [-0.15, -0.1) is 24.0 Å². The lowest BCUT2D eigenvalue weighted by Crippen LogP contribution is -2.43. The first kappa shape index (κ1) is 18.5. The summed E-state index contributed by atoms with van der Waals surface area (Å²) in [7, 11) is 1.87. The van der Waals surface area contributed by atoms with E-state index in [-0.39, 0.29) is 24.0 Å². The standard InChI is InChI=1S/C16H27N5O.HI/c1-14-11-19-21(12-14)8-6-18-15(17-2)20-7-3-16(13-20)4-9-22-10-5-16;/h11-12H,3-10,13H2,1-2H3,(H,17,18);1H. The molecule has 23 heavy (non-hydrogen) atoms. The van der Waals surface area contributed by atoms with Crippen LogP contribution in [-0.2, 0) is 11.3 Å². The molecule has 0 aromatic carbocycles. The van der Waals surface area contributed by atoms with E-state index in [9.17, 15) is 0 Å². The minimum Gasteiger partial charge on any atom is -0.381 e. The van der Waals surface area contributed by atoms with E-state index in [0.29, 0.717) is 5.41 Å². The van der Waals surface area contributed by atoms with Gasteiger partial charge in [0.15, 0.2) is 5.96 Å². The monoisotopic (exact) mass is 433 g/mol. The van der Waals surface area contributed by atoms with Gasteiger partial charge in [0.05, 0.1) is 12.7 Å². The summed E-state index contributed by atoms with van der Waals surface area (Å²) in [6.45, 7) is 7.81. The first-order valence-corrected chi connectivity index (χ1v) is 8.23. The van der Waals surface area contributed by atoms with Crippen LogP contribution in [0.3, 0.4) is 0 Å². The lowest BCUT2D eigenvalue weighted by atomic mass is 9.80. The molecule has 2 saturated heterocycles. The molecular weight excluding hydrogens is 405 g/mol. The van der Waals surface area contributed by atoms with Crippen molar-refractivity contribution in [2.75, 3.05) is 39.9 Å². The summed E-state index contributed by atoms with van der Waals surface area (Å²) >= 11 is 0. The van der Waals surface area contributed by atoms with Crippen LogP contribution in [0.25, 0.3) is 0 Å². The van der Waals surface area contributed by atoms with Gasteiger partial charge >= 0.3 is 0 Å². The second kappa shape index (κ2) is 8.32. The number of hydrogen-bond donors (Lipinski definition) is 1. The highest BCUT2D eigenvalue weighted by Crippen LogP contribution is 2.39. The molecule has 0 bridgehead atoms. The number of aromatic nitrogens is 2. The highest BCUT2D eigenvalue weighted by atomic mass is 127. The van der Waals surface area contributed by atoms with E-state index in [1.54, 1.807) is 0 Å². The van der Waals surface area contributed by atoms with Gasteiger partial charge in [0.25, 0.3) is 0 Å². The number of halogens is 1. The quantitative estimate of drug-likeness (QED) is 0.450. The van der Waals surface area contributed by atoms with Crippen LogP contribution in [0.5, 0.6) is 0 Å². The molecule has 130 valence electrons. The molecule has 0 atom stereocenters. The number of nitrogens with zero attached hydrogens (tertiary/aromatic N) is 4. The van der Waals surface area contributed by atoms with Crippen LogP contribution in [0.4, 0.5) is 0 Å². The van der Waals surface area contributed by atoms with Crippen molar-refractivity contribution in [3.63, 3.8) is 0 Å². The van der Waals surface area contributed by atoms with Crippen LogP contribution in [0.15, 0.2) is 17.4 Å². The molecule has 0 amide bonds. The summed E-state index contributed by atoms with van der Waals surface area (Å²) in [5.41, 5.74) is 1.65. The van der Waals surface area contributed by atoms with E-state index in [2.05, 4.69) is 33.4 Å². The van der Waals surface area contributed by atoms with Crippen molar-refractivity contribution < 1.29 is 4.74 Å². The Morgan fingerprint density at radius 1 is 1.39 bits per heavy atom. The molecule has 0 unspecified atom stereocenters. The largest absolute Gasteiger partial charge is 0.381 e.